The van der Waals surface area contributed by atoms with Gasteiger partial charge in [0, 0.05) is 35.3 Å². The maximum Gasteiger partial charge on any atom is 0.241 e. The number of carbonyl (C=O) groups is 1. The first-order chi connectivity index (χ1) is 11.8. The zero-order chi connectivity index (χ0) is 18.0. The third-order valence-corrected chi connectivity index (χ3v) is 5.43. The van der Waals surface area contributed by atoms with E-state index in [1.54, 1.807) is 23.5 Å². The summed E-state index contributed by atoms with van der Waals surface area (Å²) in [5, 5.41) is 4.67. The van der Waals surface area contributed by atoms with E-state index in [1.165, 1.54) is 0 Å². The minimum absolute atomic E-state index is 0.0914. The Morgan fingerprint density at radius 1 is 1.36 bits per heavy atom. The van der Waals surface area contributed by atoms with Gasteiger partial charge in [0.25, 0.3) is 0 Å². The van der Waals surface area contributed by atoms with Gasteiger partial charge in [-0.1, -0.05) is 12.1 Å². The van der Waals surface area contributed by atoms with Gasteiger partial charge in [-0.3, -0.25) is 9.20 Å². The molecular formula is C16H18N4O3S2. The van der Waals surface area contributed by atoms with Crippen LogP contribution in [0.5, 0.6) is 0 Å². The molecule has 2 aromatic heterocycles. The Labute approximate surface area is 149 Å². The second-order valence-corrected chi connectivity index (χ2v) is 8.94. The summed E-state index contributed by atoms with van der Waals surface area (Å²) >= 11 is 1.56. The van der Waals surface area contributed by atoms with Crippen molar-refractivity contribution >= 4 is 37.7 Å². The molecule has 0 spiro atoms. The van der Waals surface area contributed by atoms with Gasteiger partial charge in [0.1, 0.15) is 9.84 Å². The van der Waals surface area contributed by atoms with E-state index in [0.717, 1.165) is 22.5 Å². The predicted molar refractivity (Wildman–Crippen MR) is 99.4 cm³/mol. The number of fused-ring (bicyclic) bond motifs is 1. The normalized spacial score (nSPS) is 13.0. The maximum atomic E-state index is 12.0. The van der Waals surface area contributed by atoms with Crippen LogP contribution >= 0.6 is 11.3 Å². The number of thiazole rings is 1. The average molecular weight is 378 g/mol. The number of aromatic nitrogens is 2. The van der Waals surface area contributed by atoms with Crippen LogP contribution in [-0.4, -0.2) is 41.8 Å². The summed E-state index contributed by atoms with van der Waals surface area (Å²) in [6.45, 7) is 0. The Bertz CT molecular complexity index is 961. The minimum Gasteiger partial charge on any atom is -0.325 e. The third-order valence-electron chi connectivity index (χ3n) is 3.68. The van der Waals surface area contributed by atoms with Crippen LogP contribution in [0, 0.1) is 0 Å². The van der Waals surface area contributed by atoms with Gasteiger partial charge >= 0.3 is 0 Å². The molecule has 3 rings (SSSR count). The lowest BCUT2D eigenvalue weighted by atomic mass is 10.1. The van der Waals surface area contributed by atoms with E-state index in [1.807, 2.05) is 34.3 Å². The van der Waals surface area contributed by atoms with E-state index in [0.29, 0.717) is 5.69 Å². The number of anilines is 1. The van der Waals surface area contributed by atoms with Gasteiger partial charge in [0.05, 0.1) is 17.5 Å². The Morgan fingerprint density at radius 3 is 2.72 bits per heavy atom. The van der Waals surface area contributed by atoms with Gasteiger partial charge in [-0.15, -0.1) is 11.3 Å². The average Bonchev–Trinajstić information content (AvgIpc) is 3.14. The van der Waals surface area contributed by atoms with Crippen molar-refractivity contribution in [3.05, 3.63) is 42.0 Å². The molecule has 0 aliphatic heterocycles. The molecule has 2 heterocycles. The van der Waals surface area contributed by atoms with E-state index in [4.69, 9.17) is 5.73 Å². The van der Waals surface area contributed by atoms with E-state index in [9.17, 15) is 13.2 Å². The first-order valence-electron chi connectivity index (χ1n) is 7.59. The van der Waals surface area contributed by atoms with Crippen molar-refractivity contribution in [1.29, 1.82) is 0 Å². The van der Waals surface area contributed by atoms with E-state index in [2.05, 4.69) is 10.3 Å². The number of nitrogens with two attached hydrogens (primary N) is 1. The van der Waals surface area contributed by atoms with Crippen molar-refractivity contribution in [2.45, 2.75) is 12.5 Å². The molecule has 0 aliphatic rings. The highest BCUT2D eigenvalue weighted by molar-refractivity contribution is 7.90. The van der Waals surface area contributed by atoms with Crippen LogP contribution in [0.15, 0.2) is 42.0 Å². The summed E-state index contributed by atoms with van der Waals surface area (Å²) in [5.74, 6) is -0.517. The molecule has 1 aromatic carbocycles. The lowest BCUT2D eigenvalue weighted by Gasteiger charge is -2.12. The lowest BCUT2D eigenvalue weighted by Crippen LogP contribution is -2.37. The van der Waals surface area contributed by atoms with Crippen LogP contribution in [0.1, 0.15) is 6.42 Å². The SMILES string of the molecule is CS(=O)(=O)CCC(N)C(=O)Nc1ccc(-c2cn3ccsc3n2)cc1. The molecule has 1 amide bonds. The van der Waals surface area contributed by atoms with Crippen LogP contribution < -0.4 is 11.1 Å². The van der Waals surface area contributed by atoms with Crippen molar-refractivity contribution in [3.8, 4) is 11.3 Å². The second-order valence-electron chi connectivity index (χ2n) is 5.81. The molecule has 0 aliphatic carbocycles. The molecule has 1 unspecified atom stereocenters. The molecule has 7 nitrogen and oxygen atoms in total. The summed E-state index contributed by atoms with van der Waals surface area (Å²) in [6.07, 6.45) is 5.11. The van der Waals surface area contributed by atoms with Crippen molar-refractivity contribution in [2.24, 2.45) is 5.73 Å². The summed E-state index contributed by atoms with van der Waals surface area (Å²) in [6, 6.07) is 6.40. The fourth-order valence-electron chi connectivity index (χ4n) is 2.30. The van der Waals surface area contributed by atoms with Gasteiger partial charge in [-0.25, -0.2) is 13.4 Å². The smallest absolute Gasteiger partial charge is 0.241 e. The quantitative estimate of drug-likeness (QED) is 0.680. The fourth-order valence-corrected chi connectivity index (χ4v) is 3.68. The summed E-state index contributed by atoms with van der Waals surface area (Å²) < 4.78 is 24.2. The zero-order valence-electron chi connectivity index (χ0n) is 13.5. The number of rotatable bonds is 6. The minimum atomic E-state index is -3.14. The second kappa shape index (κ2) is 6.95. The number of benzene rings is 1. The van der Waals surface area contributed by atoms with Crippen molar-refractivity contribution in [3.63, 3.8) is 0 Å². The molecule has 0 saturated heterocycles. The number of nitrogens with zero attached hydrogens (tertiary/aromatic N) is 2. The molecule has 0 saturated carbocycles. The molecule has 132 valence electrons. The largest absolute Gasteiger partial charge is 0.325 e. The Balaban J connectivity index is 1.64. The highest BCUT2D eigenvalue weighted by Gasteiger charge is 2.16. The number of carbonyl (C=O) groups excluding carboxylic acids is 1. The first kappa shape index (κ1) is 17.6. The van der Waals surface area contributed by atoms with Crippen LogP contribution in [-0.2, 0) is 14.6 Å². The zero-order valence-corrected chi connectivity index (χ0v) is 15.2. The van der Waals surface area contributed by atoms with E-state index in [-0.39, 0.29) is 12.2 Å². The number of nitrogens with one attached hydrogen (secondary N) is 1. The monoisotopic (exact) mass is 378 g/mol. The van der Waals surface area contributed by atoms with Crippen LogP contribution in [0.4, 0.5) is 5.69 Å². The molecule has 9 heteroatoms. The van der Waals surface area contributed by atoms with Crippen LogP contribution in [0.25, 0.3) is 16.2 Å². The molecule has 1 atom stereocenters. The molecule has 25 heavy (non-hydrogen) atoms. The predicted octanol–water partition coefficient (Wildman–Crippen LogP) is 1.76. The summed E-state index contributed by atoms with van der Waals surface area (Å²) in [4.78, 5) is 17.5. The van der Waals surface area contributed by atoms with E-state index >= 15 is 0 Å². The van der Waals surface area contributed by atoms with Crippen LogP contribution in [0.3, 0.4) is 0 Å². The molecular weight excluding hydrogens is 360 g/mol. The van der Waals surface area contributed by atoms with Crippen molar-refractivity contribution < 1.29 is 13.2 Å². The molecule has 3 aromatic rings. The van der Waals surface area contributed by atoms with Gasteiger partial charge < -0.3 is 11.1 Å². The molecule has 3 N–H and O–H groups in total. The van der Waals surface area contributed by atoms with Gasteiger partial charge in [-0.05, 0) is 18.6 Å². The number of imidazole rings is 1. The van der Waals surface area contributed by atoms with Crippen molar-refractivity contribution in [1.82, 2.24) is 9.38 Å². The number of sulfone groups is 1. The number of hydrogen-bond donors (Lipinski definition) is 2. The van der Waals surface area contributed by atoms with Gasteiger partial charge in [0.15, 0.2) is 4.96 Å². The number of amides is 1. The molecule has 0 bridgehead atoms. The van der Waals surface area contributed by atoms with Gasteiger partial charge in [0.2, 0.25) is 5.91 Å². The summed E-state index contributed by atoms with van der Waals surface area (Å²) in [5.41, 5.74) is 8.13. The first-order valence-corrected chi connectivity index (χ1v) is 10.5. The summed E-state index contributed by atoms with van der Waals surface area (Å²) in [7, 11) is -3.14. The lowest BCUT2D eigenvalue weighted by molar-refractivity contribution is -0.117. The maximum absolute atomic E-state index is 12.0. The van der Waals surface area contributed by atoms with Crippen molar-refractivity contribution in [2.75, 3.05) is 17.3 Å². The van der Waals surface area contributed by atoms with Gasteiger partial charge in [-0.2, -0.15) is 0 Å². The standard InChI is InChI=1S/C16H18N4O3S2/c1-25(22,23)9-6-13(17)15(21)18-12-4-2-11(3-5-12)14-10-20-7-8-24-16(20)19-14/h2-5,7-8,10,13H,6,9,17H2,1H3,(H,18,21). The Hall–Kier alpha value is -2.23. The number of hydrogen-bond acceptors (Lipinski definition) is 6. The third kappa shape index (κ3) is 4.44. The highest BCUT2D eigenvalue weighted by Crippen LogP contribution is 2.23. The Morgan fingerprint density at radius 2 is 2.08 bits per heavy atom. The molecule has 0 fully saturated rings. The Kier molecular flexibility index (Phi) is 4.89. The highest BCUT2D eigenvalue weighted by atomic mass is 32.2. The topological polar surface area (TPSA) is 107 Å². The van der Waals surface area contributed by atoms with E-state index < -0.39 is 21.8 Å². The van der Waals surface area contributed by atoms with Crippen LogP contribution in [0.2, 0.25) is 0 Å². The molecule has 0 radical (unpaired) electrons. The fraction of sp³-hybridized carbons (Fsp3) is 0.250.